The molecule has 8 heteroatoms. The van der Waals surface area contributed by atoms with Crippen molar-refractivity contribution in [3.63, 3.8) is 0 Å². The molecule has 0 saturated carbocycles. The maximum absolute atomic E-state index is 13.4. The molecular formula is C21H22N2O5S. The summed E-state index contributed by atoms with van der Waals surface area (Å²) in [6.45, 7) is 3.97. The van der Waals surface area contributed by atoms with Gasteiger partial charge in [0.1, 0.15) is 11.9 Å². The van der Waals surface area contributed by atoms with Crippen LogP contribution in [0.4, 0.5) is 5.69 Å². The Morgan fingerprint density at radius 1 is 1.14 bits per heavy atom. The molecule has 2 aromatic rings. The summed E-state index contributed by atoms with van der Waals surface area (Å²) in [5.41, 5.74) is 3.02. The van der Waals surface area contributed by atoms with Crippen LogP contribution in [0.1, 0.15) is 30.4 Å². The zero-order valence-corrected chi connectivity index (χ0v) is 17.1. The average molecular weight is 414 g/mol. The van der Waals surface area contributed by atoms with Gasteiger partial charge in [-0.15, -0.1) is 0 Å². The van der Waals surface area contributed by atoms with Gasteiger partial charge in [-0.1, -0.05) is 23.4 Å². The third kappa shape index (κ3) is 3.98. The van der Waals surface area contributed by atoms with Crippen LogP contribution in [-0.2, 0) is 19.7 Å². The van der Waals surface area contributed by atoms with Crippen LogP contribution in [0.25, 0.3) is 0 Å². The second kappa shape index (κ2) is 7.51. The Bertz CT molecular complexity index is 1090. The zero-order chi connectivity index (χ0) is 20.6. The summed E-state index contributed by atoms with van der Waals surface area (Å²) in [6, 6.07) is 12.4. The van der Waals surface area contributed by atoms with Gasteiger partial charge in [-0.25, -0.2) is 13.2 Å². The molecule has 0 aromatic heterocycles. The van der Waals surface area contributed by atoms with E-state index in [0.29, 0.717) is 30.0 Å². The van der Waals surface area contributed by atoms with Gasteiger partial charge in [0.25, 0.3) is 10.0 Å². The molecule has 0 fully saturated rings. The van der Waals surface area contributed by atoms with E-state index in [1.807, 2.05) is 32.0 Å². The van der Waals surface area contributed by atoms with Crippen molar-refractivity contribution >= 4 is 27.4 Å². The molecule has 0 radical (unpaired) electrons. The van der Waals surface area contributed by atoms with Crippen molar-refractivity contribution < 1.29 is 22.8 Å². The van der Waals surface area contributed by atoms with E-state index in [-0.39, 0.29) is 29.9 Å². The van der Waals surface area contributed by atoms with Crippen molar-refractivity contribution in [2.24, 2.45) is 5.16 Å². The minimum atomic E-state index is -3.75. The largest absolute Gasteiger partial charge is 0.486 e. The first-order valence-electron chi connectivity index (χ1n) is 9.45. The highest BCUT2D eigenvalue weighted by Crippen LogP contribution is 2.38. The van der Waals surface area contributed by atoms with Crippen molar-refractivity contribution in [2.45, 2.75) is 44.1 Å². The molecular weight excluding hydrogens is 392 g/mol. The number of sulfonamides is 1. The van der Waals surface area contributed by atoms with Gasteiger partial charge in [0, 0.05) is 0 Å². The summed E-state index contributed by atoms with van der Waals surface area (Å²) >= 11 is 0. The maximum Gasteiger partial charge on any atom is 0.340 e. The van der Waals surface area contributed by atoms with E-state index < -0.39 is 10.0 Å². The third-order valence-electron chi connectivity index (χ3n) is 5.00. The van der Waals surface area contributed by atoms with Gasteiger partial charge in [0.2, 0.25) is 0 Å². The third-order valence-corrected chi connectivity index (χ3v) is 6.78. The summed E-state index contributed by atoms with van der Waals surface area (Å²) in [4.78, 5) is 16.1. The lowest BCUT2D eigenvalue weighted by molar-refractivity contribution is -0.140. The lowest BCUT2D eigenvalue weighted by Crippen LogP contribution is -2.43. The number of carbonyl (C=O) groups excluding carboxylic acids is 1. The molecule has 1 atom stereocenters. The monoisotopic (exact) mass is 414 g/mol. The summed E-state index contributed by atoms with van der Waals surface area (Å²) in [5, 5.41) is 3.76. The molecule has 7 nitrogen and oxygen atoms in total. The molecule has 0 amide bonds. The Morgan fingerprint density at radius 2 is 1.93 bits per heavy atom. The molecule has 29 heavy (non-hydrogen) atoms. The number of rotatable bonds is 5. The topological polar surface area (TPSA) is 85.3 Å². The molecule has 0 aliphatic carbocycles. The minimum Gasteiger partial charge on any atom is -0.486 e. The van der Waals surface area contributed by atoms with Crippen molar-refractivity contribution in [3.05, 3.63) is 53.6 Å². The van der Waals surface area contributed by atoms with Crippen LogP contribution in [0.3, 0.4) is 0 Å². The van der Waals surface area contributed by atoms with E-state index in [0.717, 1.165) is 11.1 Å². The standard InChI is InChI=1S/C21H22N2O5S/c1-14-4-3-5-18(10-14)29(25,26)23-13-17(8-7-16-12-21(24)28-22-16)27-20-9-6-15(2)11-19(20)23/h3-6,9-11,17H,7-8,12-13H2,1-2H3/t17-/m0/s1. The predicted octanol–water partition coefficient (Wildman–Crippen LogP) is 3.34. The molecule has 2 aliphatic heterocycles. The van der Waals surface area contributed by atoms with Crippen molar-refractivity contribution in [1.82, 2.24) is 0 Å². The molecule has 152 valence electrons. The second-order valence-corrected chi connectivity index (χ2v) is 9.26. The smallest absolute Gasteiger partial charge is 0.340 e. The van der Waals surface area contributed by atoms with Gasteiger partial charge < -0.3 is 9.57 Å². The van der Waals surface area contributed by atoms with E-state index in [2.05, 4.69) is 9.99 Å². The molecule has 0 unspecified atom stereocenters. The Kier molecular flexibility index (Phi) is 5.04. The number of carbonyl (C=O) groups is 1. The highest BCUT2D eigenvalue weighted by atomic mass is 32.2. The number of aryl methyl sites for hydroxylation is 2. The fourth-order valence-electron chi connectivity index (χ4n) is 3.51. The number of anilines is 1. The number of nitrogens with zero attached hydrogens (tertiary/aromatic N) is 2. The van der Waals surface area contributed by atoms with Gasteiger partial charge in [-0.05, 0) is 62.1 Å². The second-order valence-electron chi connectivity index (χ2n) is 7.40. The number of benzene rings is 2. The molecule has 2 aromatic carbocycles. The van der Waals surface area contributed by atoms with Crippen molar-refractivity contribution in [2.75, 3.05) is 10.8 Å². The Labute approximate surface area is 170 Å². The highest BCUT2D eigenvalue weighted by Gasteiger charge is 2.35. The van der Waals surface area contributed by atoms with Crippen molar-refractivity contribution in [1.29, 1.82) is 0 Å². The molecule has 2 heterocycles. The average Bonchev–Trinajstić information content (AvgIpc) is 3.11. The van der Waals surface area contributed by atoms with Gasteiger partial charge in [-0.2, -0.15) is 0 Å². The Balaban J connectivity index is 1.64. The molecule has 0 saturated heterocycles. The van der Waals surface area contributed by atoms with Crippen LogP contribution in [-0.4, -0.2) is 32.7 Å². The lowest BCUT2D eigenvalue weighted by Gasteiger charge is -2.35. The number of oxime groups is 1. The van der Waals surface area contributed by atoms with Gasteiger partial charge in [0.15, 0.2) is 0 Å². The van der Waals surface area contributed by atoms with Crippen LogP contribution >= 0.6 is 0 Å². The normalized spacial score (nSPS) is 18.7. The fourth-order valence-corrected chi connectivity index (χ4v) is 5.12. The summed E-state index contributed by atoms with van der Waals surface area (Å²) in [6.07, 6.45) is 0.856. The summed E-state index contributed by atoms with van der Waals surface area (Å²) in [5.74, 6) is 0.165. The summed E-state index contributed by atoms with van der Waals surface area (Å²) < 4.78 is 34.4. The van der Waals surface area contributed by atoms with Gasteiger partial charge in [-0.3, -0.25) is 4.31 Å². The molecule has 0 N–H and O–H groups in total. The van der Waals surface area contributed by atoms with E-state index >= 15 is 0 Å². The zero-order valence-electron chi connectivity index (χ0n) is 16.3. The van der Waals surface area contributed by atoms with Crippen molar-refractivity contribution in [3.8, 4) is 5.75 Å². The number of ether oxygens (including phenoxy) is 1. The minimum absolute atomic E-state index is 0.174. The van der Waals surface area contributed by atoms with E-state index in [1.54, 1.807) is 24.3 Å². The van der Waals surface area contributed by atoms with Crippen LogP contribution in [0.2, 0.25) is 0 Å². The molecule has 2 aliphatic rings. The lowest BCUT2D eigenvalue weighted by atomic mass is 10.1. The first-order valence-corrected chi connectivity index (χ1v) is 10.9. The van der Waals surface area contributed by atoms with E-state index in [9.17, 15) is 13.2 Å². The van der Waals surface area contributed by atoms with E-state index in [4.69, 9.17) is 4.74 Å². The number of fused-ring (bicyclic) bond motifs is 1. The predicted molar refractivity (Wildman–Crippen MR) is 109 cm³/mol. The van der Waals surface area contributed by atoms with Gasteiger partial charge >= 0.3 is 5.97 Å². The van der Waals surface area contributed by atoms with E-state index in [1.165, 1.54) is 4.31 Å². The number of hydrogen-bond donors (Lipinski definition) is 0. The summed E-state index contributed by atoms with van der Waals surface area (Å²) in [7, 11) is -3.75. The molecule has 4 rings (SSSR count). The number of hydrogen-bond acceptors (Lipinski definition) is 6. The SMILES string of the molecule is Cc1cccc(S(=O)(=O)N2C[C@H](CCC3=NOC(=O)C3)Oc3ccc(C)cc32)c1. The Hall–Kier alpha value is -2.87. The quantitative estimate of drug-likeness (QED) is 0.701. The molecule has 0 spiro atoms. The van der Waals surface area contributed by atoms with Gasteiger partial charge in [0.05, 0.1) is 29.3 Å². The highest BCUT2D eigenvalue weighted by molar-refractivity contribution is 7.92. The van der Waals surface area contributed by atoms with Crippen LogP contribution in [0.15, 0.2) is 52.5 Å². The maximum atomic E-state index is 13.4. The first kappa shape index (κ1) is 19.4. The van der Waals surface area contributed by atoms with Crippen LogP contribution in [0, 0.1) is 13.8 Å². The first-order chi connectivity index (χ1) is 13.8. The van der Waals surface area contributed by atoms with Crippen LogP contribution < -0.4 is 9.04 Å². The van der Waals surface area contributed by atoms with Crippen LogP contribution in [0.5, 0.6) is 5.75 Å². The molecule has 0 bridgehead atoms. The fraction of sp³-hybridized carbons (Fsp3) is 0.333. The Morgan fingerprint density at radius 3 is 2.66 bits per heavy atom.